The summed E-state index contributed by atoms with van der Waals surface area (Å²) in [5, 5.41) is 9.16. The number of hydrogen-bond acceptors (Lipinski definition) is 2. The number of nitrogens with zero attached hydrogens (tertiary/aromatic N) is 1. The van der Waals surface area contributed by atoms with E-state index in [2.05, 4.69) is 6.58 Å². The van der Waals surface area contributed by atoms with E-state index in [1.807, 2.05) is 12.1 Å². The van der Waals surface area contributed by atoms with Gasteiger partial charge in [0.15, 0.2) is 0 Å². The largest absolute Gasteiger partial charge is 0.480 e. The van der Waals surface area contributed by atoms with Crippen LogP contribution in [0.2, 0.25) is 0 Å². The zero-order valence-corrected chi connectivity index (χ0v) is 9.51. The quantitative estimate of drug-likeness (QED) is 0.786. The van der Waals surface area contributed by atoms with E-state index in [9.17, 15) is 9.59 Å². The summed E-state index contributed by atoms with van der Waals surface area (Å²) in [6.45, 7) is 5.17. The third-order valence-corrected chi connectivity index (χ3v) is 2.85. The Hall–Kier alpha value is -2.10. The third-order valence-electron chi connectivity index (χ3n) is 2.85. The Bertz CT molecular complexity index is 507. The second kappa shape index (κ2) is 4.05. The number of carbonyl (C=O) groups is 2. The van der Waals surface area contributed by atoms with Gasteiger partial charge in [0.2, 0.25) is 0 Å². The minimum atomic E-state index is -0.990. The van der Waals surface area contributed by atoms with E-state index in [1.54, 1.807) is 19.1 Å². The van der Waals surface area contributed by atoms with Crippen molar-refractivity contribution in [3.8, 4) is 0 Å². The zero-order chi connectivity index (χ0) is 12.6. The number of carboxylic acid groups (broad SMARTS) is 1. The van der Waals surface area contributed by atoms with Crippen LogP contribution in [0.15, 0.2) is 36.4 Å². The highest BCUT2D eigenvalue weighted by Gasteiger charge is 2.38. The van der Waals surface area contributed by atoms with Gasteiger partial charge in [0.05, 0.1) is 0 Å². The van der Waals surface area contributed by atoms with Crippen LogP contribution in [-0.4, -0.2) is 23.0 Å². The summed E-state index contributed by atoms with van der Waals surface area (Å²) in [7, 11) is 0. The molecule has 0 aliphatic carbocycles. The first-order chi connectivity index (χ1) is 8.02. The highest BCUT2D eigenvalue weighted by atomic mass is 16.4. The van der Waals surface area contributed by atoms with Crippen molar-refractivity contribution in [1.29, 1.82) is 0 Å². The first-order valence-electron chi connectivity index (χ1n) is 5.32. The van der Waals surface area contributed by atoms with E-state index in [1.165, 1.54) is 4.90 Å². The lowest BCUT2D eigenvalue weighted by Gasteiger charge is -2.22. The SMILES string of the molecule is C=C(C)C(=O)N1c2ccccc2CC1C(=O)O. The van der Waals surface area contributed by atoms with Crippen LogP contribution in [0, 0.1) is 0 Å². The highest BCUT2D eigenvalue weighted by molar-refractivity contribution is 6.09. The van der Waals surface area contributed by atoms with Gasteiger partial charge in [0, 0.05) is 17.7 Å². The number of hydrogen-bond donors (Lipinski definition) is 1. The fourth-order valence-corrected chi connectivity index (χ4v) is 2.04. The molecule has 4 nitrogen and oxygen atoms in total. The molecule has 0 aromatic heterocycles. The van der Waals surface area contributed by atoms with Crippen LogP contribution in [0.25, 0.3) is 0 Å². The summed E-state index contributed by atoms with van der Waals surface area (Å²) in [6.07, 6.45) is 0.352. The van der Waals surface area contributed by atoms with Crippen LogP contribution in [-0.2, 0) is 16.0 Å². The number of carboxylic acids is 1. The second-order valence-corrected chi connectivity index (χ2v) is 4.14. The Balaban J connectivity index is 2.47. The number of rotatable bonds is 2. The summed E-state index contributed by atoms with van der Waals surface area (Å²) in [5.74, 6) is -1.32. The molecule has 0 fully saturated rings. The molecule has 0 saturated heterocycles. The topological polar surface area (TPSA) is 57.6 Å². The van der Waals surface area contributed by atoms with Gasteiger partial charge < -0.3 is 5.11 Å². The molecule has 17 heavy (non-hydrogen) atoms. The number of fused-ring (bicyclic) bond motifs is 1. The predicted molar refractivity (Wildman–Crippen MR) is 63.9 cm³/mol. The number of carbonyl (C=O) groups excluding carboxylic acids is 1. The first kappa shape index (κ1) is 11.4. The first-order valence-corrected chi connectivity index (χ1v) is 5.32. The minimum absolute atomic E-state index is 0.331. The summed E-state index contributed by atoms with van der Waals surface area (Å²) < 4.78 is 0. The average molecular weight is 231 g/mol. The smallest absolute Gasteiger partial charge is 0.327 e. The molecule has 1 atom stereocenters. The summed E-state index contributed by atoms with van der Waals surface area (Å²) in [4.78, 5) is 24.5. The minimum Gasteiger partial charge on any atom is -0.480 e. The van der Waals surface area contributed by atoms with Gasteiger partial charge in [-0.25, -0.2) is 4.79 Å². The molecule has 0 saturated carbocycles. The van der Waals surface area contributed by atoms with Crippen LogP contribution < -0.4 is 4.90 Å². The van der Waals surface area contributed by atoms with Crippen molar-refractivity contribution >= 4 is 17.6 Å². The maximum atomic E-state index is 12.0. The number of anilines is 1. The Morgan fingerprint density at radius 3 is 2.65 bits per heavy atom. The van der Waals surface area contributed by atoms with Gasteiger partial charge in [-0.1, -0.05) is 24.8 Å². The summed E-state index contributed by atoms with van der Waals surface area (Å²) >= 11 is 0. The van der Waals surface area contributed by atoms with Crippen molar-refractivity contribution in [3.05, 3.63) is 42.0 Å². The van der Waals surface area contributed by atoms with Crippen LogP contribution in [0.5, 0.6) is 0 Å². The molecule has 2 rings (SSSR count). The summed E-state index contributed by atoms with van der Waals surface area (Å²) in [5.41, 5.74) is 1.90. The van der Waals surface area contributed by atoms with Crippen molar-refractivity contribution < 1.29 is 14.7 Å². The number of benzene rings is 1. The normalized spacial score (nSPS) is 17.7. The van der Waals surface area contributed by atoms with Crippen molar-refractivity contribution in [3.63, 3.8) is 0 Å². The standard InChI is InChI=1S/C13H13NO3/c1-8(2)12(15)14-10-6-4-3-5-9(10)7-11(14)13(16)17/h3-6,11H,1,7H2,2H3,(H,16,17). The molecular weight excluding hydrogens is 218 g/mol. The van der Waals surface area contributed by atoms with Crippen molar-refractivity contribution in [2.24, 2.45) is 0 Å². The number of amides is 1. The maximum absolute atomic E-state index is 12.0. The summed E-state index contributed by atoms with van der Waals surface area (Å²) in [6, 6.07) is 6.42. The fourth-order valence-electron chi connectivity index (χ4n) is 2.04. The molecule has 1 aromatic carbocycles. The molecule has 1 unspecified atom stereocenters. The van der Waals surface area contributed by atoms with Gasteiger partial charge in [-0.3, -0.25) is 9.69 Å². The van der Waals surface area contributed by atoms with Crippen molar-refractivity contribution in [1.82, 2.24) is 0 Å². The average Bonchev–Trinajstić information content (AvgIpc) is 2.67. The lowest BCUT2D eigenvalue weighted by molar-refractivity contribution is -0.139. The van der Waals surface area contributed by atoms with Crippen LogP contribution >= 0.6 is 0 Å². The molecule has 0 radical (unpaired) electrons. The second-order valence-electron chi connectivity index (χ2n) is 4.14. The number of aliphatic carboxylic acids is 1. The lowest BCUT2D eigenvalue weighted by atomic mass is 10.1. The van der Waals surface area contributed by atoms with Gasteiger partial charge in [-0.15, -0.1) is 0 Å². The molecular formula is C13H13NO3. The van der Waals surface area contributed by atoms with Gasteiger partial charge in [-0.2, -0.15) is 0 Å². The fraction of sp³-hybridized carbons (Fsp3) is 0.231. The van der Waals surface area contributed by atoms with E-state index in [0.717, 1.165) is 5.56 Å². The molecule has 0 spiro atoms. The molecule has 88 valence electrons. The Morgan fingerprint density at radius 2 is 2.06 bits per heavy atom. The van der Waals surface area contributed by atoms with Gasteiger partial charge in [0.25, 0.3) is 5.91 Å². The van der Waals surface area contributed by atoms with Crippen LogP contribution in [0.1, 0.15) is 12.5 Å². The molecule has 1 amide bonds. The Kier molecular flexibility index (Phi) is 2.71. The third kappa shape index (κ3) is 1.82. The Morgan fingerprint density at radius 1 is 1.41 bits per heavy atom. The number of para-hydroxylation sites is 1. The predicted octanol–water partition coefficient (Wildman–Crippen LogP) is 1.60. The van der Waals surface area contributed by atoms with E-state index in [4.69, 9.17) is 5.11 Å². The van der Waals surface area contributed by atoms with Gasteiger partial charge >= 0.3 is 5.97 Å². The van der Waals surface area contributed by atoms with Crippen LogP contribution in [0.3, 0.4) is 0 Å². The molecule has 4 heteroatoms. The lowest BCUT2D eigenvalue weighted by Crippen LogP contribution is -2.43. The molecule has 1 aliphatic rings. The molecule has 1 N–H and O–H groups in total. The molecule has 0 bridgehead atoms. The van der Waals surface area contributed by atoms with E-state index in [-0.39, 0.29) is 5.91 Å². The molecule has 1 aliphatic heterocycles. The Labute approximate surface area is 99.2 Å². The molecule has 1 heterocycles. The van der Waals surface area contributed by atoms with Crippen molar-refractivity contribution in [2.45, 2.75) is 19.4 Å². The van der Waals surface area contributed by atoms with Crippen molar-refractivity contribution in [2.75, 3.05) is 4.90 Å². The van der Waals surface area contributed by atoms with E-state index in [0.29, 0.717) is 17.7 Å². The van der Waals surface area contributed by atoms with E-state index >= 15 is 0 Å². The zero-order valence-electron chi connectivity index (χ0n) is 9.51. The molecule has 1 aromatic rings. The van der Waals surface area contributed by atoms with E-state index < -0.39 is 12.0 Å². The van der Waals surface area contributed by atoms with Gasteiger partial charge in [-0.05, 0) is 18.6 Å². The maximum Gasteiger partial charge on any atom is 0.327 e. The monoisotopic (exact) mass is 231 g/mol. The van der Waals surface area contributed by atoms with Gasteiger partial charge in [0.1, 0.15) is 6.04 Å². The van der Waals surface area contributed by atoms with Crippen LogP contribution in [0.4, 0.5) is 5.69 Å². The highest BCUT2D eigenvalue weighted by Crippen LogP contribution is 2.32.